The smallest absolute Gasteiger partial charge is 0.235 e. The van der Waals surface area contributed by atoms with Crippen LogP contribution in [0.3, 0.4) is 0 Å². The Morgan fingerprint density at radius 3 is 2.58 bits per heavy atom. The van der Waals surface area contributed by atoms with Gasteiger partial charge in [-0.1, -0.05) is 35.0 Å². The lowest BCUT2D eigenvalue weighted by Crippen LogP contribution is -2.24. The van der Waals surface area contributed by atoms with Gasteiger partial charge in [-0.2, -0.15) is 5.21 Å². The van der Waals surface area contributed by atoms with Gasteiger partial charge in [0, 0.05) is 5.69 Å². The second kappa shape index (κ2) is 7.77. The molecular formula is C19H21N5O2. The molecule has 0 spiro atoms. The van der Waals surface area contributed by atoms with E-state index in [1.54, 1.807) is 7.11 Å². The molecule has 0 saturated heterocycles. The van der Waals surface area contributed by atoms with Gasteiger partial charge in [0.05, 0.1) is 7.11 Å². The topological polar surface area (TPSA) is 92.8 Å². The molecule has 0 fully saturated rings. The number of carbonyl (C=O) groups excluding carboxylic acids is 1. The number of tetrazole rings is 1. The number of H-pyrrole nitrogens is 1. The fourth-order valence-corrected chi connectivity index (χ4v) is 2.79. The number of anilines is 1. The Morgan fingerprint density at radius 1 is 1.19 bits per heavy atom. The third kappa shape index (κ3) is 4.05. The van der Waals surface area contributed by atoms with Gasteiger partial charge >= 0.3 is 0 Å². The number of rotatable bonds is 6. The lowest BCUT2D eigenvalue weighted by Gasteiger charge is -2.15. The van der Waals surface area contributed by atoms with E-state index in [4.69, 9.17) is 4.74 Å². The van der Waals surface area contributed by atoms with E-state index in [2.05, 4.69) is 25.9 Å². The Morgan fingerprint density at radius 2 is 1.96 bits per heavy atom. The molecule has 0 aliphatic carbocycles. The highest BCUT2D eigenvalue weighted by Gasteiger charge is 2.25. The van der Waals surface area contributed by atoms with Gasteiger partial charge in [0.1, 0.15) is 11.7 Å². The molecular weight excluding hydrogens is 330 g/mol. The van der Waals surface area contributed by atoms with Crippen molar-refractivity contribution in [1.82, 2.24) is 20.6 Å². The van der Waals surface area contributed by atoms with Crippen LogP contribution in [0.1, 0.15) is 28.4 Å². The average molecular weight is 351 g/mol. The van der Waals surface area contributed by atoms with Crippen molar-refractivity contribution in [3.63, 3.8) is 0 Å². The van der Waals surface area contributed by atoms with Crippen LogP contribution in [-0.4, -0.2) is 33.6 Å². The standard InChI is InChI=1S/C19H21N5O2/c1-12-4-9-17(13(2)10-12)20-19(25)16(18-21-23-24-22-18)11-14-5-7-15(26-3)8-6-14/h4-10,16H,11H2,1-3H3,(H,20,25)(H,21,22,23,24)/t16-/m1/s1. The maximum Gasteiger partial charge on any atom is 0.235 e. The minimum absolute atomic E-state index is 0.172. The number of aryl methyl sites for hydroxylation is 2. The van der Waals surface area contributed by atoms with Gasteiger partial charge in [0.2, 0.25) is 5.91 Å². The van der Waals surface area contributed by atoms with Gasteiger partial charge < -0.3 is 10.1 Å². The molecule has 0 radical (unpaired) electrons. The van der Waals surface area contributed by atoms with Gasteiger partial charge in [0.15, 0.2) is 5.82 Å². The van der Waals surface area contributed by atoms with Crippen LogP contribution < -0.4 is 10.1 Å². The molecule has 0 aliphatic rings. The van der Waals surface area contributed by atoms with Crippen molar-refractivity contribution in [2.45, 2.75) is 26.2 Å². The van der Waals surface area contributed by atoms with Gasteiger partial charge in [-0.15, -0.1) is 10.2 Å². The van der Waals surface area contributed by atoms with Crippen molar-refractivity contribution in [3.8, 4) is 5.75 Å². The minimum atomic E-state index is -0.553. The number of aromatic nitrogens is 4. The molecule has 7 heteroatoms. The predicted octanol–water partition coefficient (Wildman–Crippen LogP) is 2.79. The number of ether oxygens (including phenoxy) is 1. The number of amides is 1. The zero-order valence-electron chi connectivity index (χ0n) is 15.0. The first-order chi connectivity index (χ1) is 12.6. The van der Waals surface area contributed by atoms with Crippen LogP contribution >= 0.6 is 0 Å². The van der Waals surface area contributed by atoms with E-state index in [-0.39, 0.29) is 5.91 Å². The second-order valence-corrected chi connectivity index (χ2v) is 6.18. The largest absolute Gasteiger partial charge is 0.497 e. The van der Waals surface area contributed by atoms with Crippen LogP contribution in [-0.2, 0) is 11.2 Å². The van der Waals surface area contributed by atoms with E-state index in [9.17, 15) is 4.79 Å². The number of carbonyl (C=O) groups is 1. The number of nitrogens with one attached hydrogen (secondary N) is 2. The minimum Gasteiger partial charge on any atom is -0.497 e. The number of methoxy groups -OCH3 is 1. The van der Waals surface area contributed by atoms with Gasteiger partial charge in [-0.25, -0.2) is 0 Å². The fraction of sp³-hybridized carbons (Fsp3) is 0.263. The molecule has 0 unspecified atom stereocenters. The SMILES string of the molecule is COc1ccc(C[C@@H](C(=O)Nc2ccc(C)cc2C)c2nn[nH]n2)cc1. The summed E-state index contributed by atoms with van der Waals surface area (Å²) in [5.74, 6) is 0.407. The van der Waals surface area contributed by atoms with Crippen LogP contribution in [0.2, 0.25) is 0 Å². The molecule has 1 aromatic heterocycles. The molecule has 1 heterocycles. The van der Waals surface area contributed by atoms with Crippen LogP contribution in [0.25, 0.3) is 0 Å². The lowest BCUT2D eigenvalue weighted by atomic mass is 9.97. The zero-order chi connectivity index (χ0) is 18.5. The fourth-order valence-electron chi connectivity index (χ4n) is 2.79. The maximum atomic E-state index is 12.9. The van der Waals surface area contributed by atoms with Crippen LogP contribution in [0, 0.1) is 13.8 Å². The Bertz CT molecular complexity index is 875. The summed E-state index contributed by atoms with van der Waals surface area (Å²) in [6, 6.07) is 13.5. The quantitative estimate of drug-likeness (QED) is 0.712. The van der Waals surface area contributed by atoms with E-state index in [1.807, 2.05) is 56.3 Å². The molecule has 0 bridgehead atoms. The second-order valence-electron chi connectivity index (χ2n) is 6.18. The number of aromatic amines is 1. The molecule has 0 saturated carbocycles. The van der Waals surface area contributed by atoms with E-state index >= 15 is 0 Å². The summed E-state index contributed by atoms with van der Waals surface area (Å²) < 4.78 is 5.18. The van der Waals surface area contributed by atoms with Crippen molar-refractivity contribution >= 4 is 11.6 Å². The summed E-state index contributed by atoms with van der Waals surface area (Å²) in [4.78, 5) is 12.9. The zero-order valence-corrected chi connectivity index (χ0v) is 15.0. The maximum absolute atomic E-state index is 12.9. The van der Waals surface area contributed by atoms with Crippen molar-refractivity contribution < 1.29 is 9.53 Å². The van der Waals surface area contributed by atoms with Crippen LogP contribution in [0.4, 0.5) is 5.69 Å². The molecule has 3 rings (SSSR count). The predicted molar refractivity (Wildman–Crippen MR) is 98.2 cm³/mol. The summed E-state index contributed by atoms with van der Waals surface area (Å²) in [5.41, 5.74) is 3.92. The number of nitrogens with zero attached hydrogens (tertiary/aromatic N) is 3. The van der Waals surface area contributed by atoms with Crippen LogP contribution in [0.15, 0.2) is 42.5 Å². The lowest BCUT2D eigenvalue weighted by molar-refractivity contribution is -0.117. The van der Waals surface area contributed by atoms with Gasteiger partial charge in [-0.3, -0.25) is 4.79 Å². The molecule has 26 heavy (non-hydrogen) atoms. The first-order valence-electron chi connectivity index (χ1n) is 8.31. The van der Waals surface area contributed by atoms with Gasteiger partial charge in [-0.05, 0) is 49.6 Å². The van der Waals surface area contributed by atoms with E-state index in [1.165, 1.54) is 0 Å². The first kappa shape index (κ1) is 17.6. The third-order valence-electron chi connectivity index (χ3n) is 4.23. The summed E-state index contributed by atoms with van der Waals surface area (Å²) in [7, 11) is 1.62. The summed E-state index contributed by atoms with van der Waals surface area (Å²) in [6.45, 7) is 3.99. The highest BCUT2D eigenvalue weighted by molar-refractivity contribution is 5.96. The number of hydrogen-bond acceptors (Lipinski definition) is 5. The van der Waals surface area contributed by atoms with Crippen molar-refractivity contribution in [1.29, 1.82) is 0 Å². The molecule has 7 nitrogen and oxygen atoms in total. The van der Waals surface area contributed by atoms with Crippen molar-refractivity contribution in [3.05, 3.63) is 65.0 Å². The number of hydrogen-bond donors (Lipinski definition) is 2. The summed E-state index contributed by atoms with van der Waals surface area (Å²) >= 11 is 0. The summed E-state index contributed by atoms with van der Waals surface area (Å²) in [6.07, 6.45) is 0.459. The molecule has 0 aliphatic heterocycles. The Kier molecular flexibility index (Phi) is 5.26. The van der Waals surface area contributed by atoms with Crippen molar-refractivity contribution in [2.75, 3.05) is 12.4 Å². The van der Waals surface area contributed by atoms with E-state index in [0.29, 0.717) is 12.2 Å². The average Bonchev–Trinajstić information content (AvgIpc) is 3.16. The van der Waals surface area contributed by atoms with Crippen molar-refractivity contribution in [2.24, 2.45) is 0 Å². The molecule has 134 valence electrons. The van der Waals surface area contributed by atoms with Gasteiger partial charge in [0.25, 0.3) is 0 Å². The normalized spacial score (nSPS) is 11.8. The molecule has 2 N–H and O–H groups in total. The highest BCUT2D eigenvalue weighted by Crippen LogP contribution is 2.23. The van der Waals surface area contributed by atoms with E-state index in [0.717, 1.165) is 28.1 Å². The number of benzene rings is 2. The van der Waals surface area contributed by atoms with Crippen LogP contribution in [0.5, 0.6) is 5.75 Å². The monoisotopic (exact) mass is 351 g/mol. The molecule has 3 aromatic rings. The Hall–Kier alpha value is -3.22. The summed E-state index contributed by atoms with van der Waals surface area (Å²) in [5, 5.41) is 17.0. The molecule has 1 atom stereocenters. The molecule has 1 amide bonds. The Balaban J connectivity index is 1.82. The third-order valence-corrected chi connectivity index (χ3v) is 4.23. The molecule has 2 aromatic carbocycles. The van der Waals surface area contributed by atoms with E-state index < -0.39 is 5.92 Å². The highest BCUT2D eigenvalue weighted by atomic mass is 16.5. The first-order valence-corrected chi connectivity index (χ1v) is 8.31. The Labute approximate surface area is 151 Å².